The van der Waals surface area contributed by atoms with E-state index in [0.29, 0.717) is 58.0 Å². The number of nitrogens with zero attached hydrogens (tertiary/aromatic N) is 3. The summed E-state index contributed by atoms with van der Waals surface area (Å²) in [7, 11) is 0. The second-order valence-electron chi connectivity index (χ2n) is 14.4. The van der Waals surface area contributed by atoms with Gasteiger partial charge in [0.2, 0.25) is 5.91 Å². The largest absolute Gasteiger partial charge is 0.494 e. The van der Waals surface area contributed by atoms with E-state index in [0.717, 1.165) is 60.4 Å². The lowest BCUT2D eigenvalue weighted by Crippen LogP contribution is -2.47. The summed E-state index contributed by atoms with van der Waals surface area (Å²) < 4.78 is 24.2. The molecule has 1 saturated heterocycles. The molecule has 1 N–H and O–H groups in total. The molecule has 0 saturated carbocycles. The van der Waals surface area contributed by atoms with Gasteiger partial charge >= 0.3 is 6.09 Å². The number of likely N-dealkylation sites (tertiary alicyclic amines) is 1. The minimum Gasteiger partial charge on any atom is -0.494 e. The lowest BCUT2D eigenvalue weighted by molar-refractivity contribution is -0.763. The first-order valence-corrected chi connectivity index (χ1v) is 19.6. The fourth-order valence-electron chi connectivity index (χ4n) is 7.24. The number of piperidine rings is 1. The topological polar surface area (TPSA) is 142 Å². The van der Waals surface area contributed by atoms with Crippen LogP contribution in [-0.2, 0) is 56.7 Å². The maximum atomic E-state index is 13.4. The molecule has 13 nitrogen and oxygen atoms in total. The molecular weight excluding hydrogens is 729 g/mol. The van der Waals surface area contributed by atoms with Gasteiger partial charge in [0.05, 0.1) is 39.1 Å². The van der Waals surface area contributed by atoms with Crippen LogP contribution in [0.3, 0.4) is 0 Å². The third kappa shape index (κ3) is 12.7. The Morgan fingerprint density at radius 1 is 0.842 bits per heavy atom. The van der Waals surface area contributed by atoms with Crippen LogP contribution < -0.4 is 15.0 Å². The van der Waals surface area contributed by atoms with Crippen molar-refractivity contribution in [2.45, 2.75) is 71.1 Å². The van der Waals surface area contributed by atoms with Crippen LogP contribution in [0.5, 0.6) is 5.75 Å². The van der Waals surface area contributed by atoms with Gasteiger partial charge in [0.15, 0.2) is 0 Å². The Bertz CT molecular complexity index is 1890. The second-order valence-corrected chi connectivity index (χ2v) is 14.4. The first-order valence-electron chi connectivity index (χ1n) is 19.6. The van der Waals surface area contributed by atoms with Gasteiger partial charge in [0.1, 0.15) is 19.0 Å². The first kappa shape index (κ1) is 41.0. The maximum absolute atomic E-state index is 13.4. The molecule has 13 heteroatoms. The zero-order chi connectivity index (χ0) is 39.8. The highest BCUT2D eigenvalue weighted by Crippen LogP contribution is 2.34. The number of aryl methyl sites for hydroxylation is 1. The summed E-state index contributed by atoms with van der Waals surface area (Å²) in [6.07, 6.45) is 2.81. The number of ether oxygens (including phenoxy) is 4. The summed E-state index contributed by atoms with van der Waals surface area (Å²) in [5.74, 6) is 0.791. The van der Waals surface area contributed by atoms with Crippen LogP contribution in [-0.4, -0.2) is 74.0 Å². The van der Waals surface area contributed by atoms with E-state index in [1.807, 2.05) is 30.3 Å². The number of nitrogens with one attached hydrogen (secondary N) is 1. The number of hydrogen-bond acceptors (Lipinski definition) is 10. The van der Waals surface area contributed by atoms with Crippen LogP contribution in [0.15, 0.2) is 97.1 Å². The zero-order valence-electron chi connectivity index (χ0n) is 32.5. The Hall–Kier alpha value is -5.66. The molecule has 0 spiro atoms. The zero-order valence-corrected chi connectivity index (χ0v) is 32.5. The van der Waals surface area contributed by atoms with Crippen molar-refractivity contribution < 1.29 is 38.5 Å². The highest BCUT2D eigenvalue weighted by molar-refractivity contribution is 5.72. The molecule has 4 aromatic carbocycles. The van der Waals surface area contributed by atoms with Gasteiger partial charge in [-0.15, -0.1) is 10.1 Å². The standard InChI is InChI=1S/C44H52N4O9/c1-33(49)45-21-24-46-22-5-9-39-15-14-37(27-42(39)46)31-55-43-28-47(44(50)56-30-35-10-12-36(13-11-35)32-57-48(51)52)23-20-41(43)38-16-18-40(19-17-38)54-26-6-25-53-29-34-7-3-2-4-8-34/h2-4,7-8,10-19,27,41,43H,5-6,9,20-26,28-32H2,1H3,(H,45,49). The normalized spacial score (nSPS) is 16.4. The molecule has 2 amide bonds. The molecule has 1 fully saturated rings. The predicted molar refractivity (Wildman–Crippen MR) is 214 cm³/mol. The van der Waals surface area contributed by atoms with Crippen molar-refractivity contribution in [1.29, 1.82) is 0 Å². The summed E-state index contributed by atoms with van der Waals surface area (Å²) in [6, 6.07) is 31.7. The fourth-order valence-corrected chi connectivity index (χ4v) is 7.24. The third-order valence-corrected chi connectivity index (χ3v) is 10.2. The van der Waals surface area contributed by atoms with Crippen molar-refractivity contribution in [2.75, 3.05) is 50.8 Å². The summed E-state index contributed by atoms with van der Waals surface area (Å²) >= 11 is 0. The molecule has 2 atom stereocenters. The maximum Gasteiger partial charge on any atom is 0.410 e. The van der Waals surface area contributed by atoms with Gasteiger partial charge in [-0.3, -0.25) is 4.79 Å². The van der Waals surface area contributed by atoms with Crippen LogP contribution in [0.2, 0.25) is 0 Å². The quantitative estimate of drug-likeness (QED) is 0.0602. The molecule has 2 aliphatic heterocycles. The van der Waals surface area contributed by atoms with Gasteiger partial charge in [0, 0.05) is 51.1 Å². The summed E-state index contributed by atoms with van der Waals surface area (Å²) in [4.78, 5) is 43.8. The number of anilines is 1. The van der Waals surface area contributed by atoms with E-state index in [4.69, 9.17) is 18.9 Å². The van der Waals surface area contributed by atoms with Gasteiger partial charge in [-0.1, -0.05) is 78.9 Å². The van der Waals surface area contributed by atoms with E-state index >= 15 is 0 Å². The number of hydrogen-bond donors (Lipinski definition) is 1. The minimum absolute atomic E-state index is 0.0339. The van der Waals surface area contributed by atoms with Crippen LogP contribution >= 0.6 is 0 Å². The van der Waals surface area contributed by atoms with Gasteiger partial charge in [-0.25, -0.2) is 4.79 Å². The Labute approximate surface area is 333 Å². The minimum atomic E-state index is -0.828. The Balaban J connectivity index is 1.07. The molecule has 4 aromatic rings. The predicted octanol–water partition coefficient (Wildman–Crippen LogP) is 6.98. The molecule has 2 unspecified atom stereocenters. The van der Waals surface area contributed by atoms with Crippen LogP contribution in [0.25, 0.3) is 0 Å². The van der Waals surface area contributed by atoms with Gasteiger partial charge in [-0.05, 0) is 70.8 Å². The SMILES string of the molecule is CC(=O)NCCN1CCCc2ccc(COC3CN(C(=O)OCc4ccc(CO[N+](=O)[O-])cc4)CCC3c3ccc(OCCCOCc4ccccc4)cc3)cc21. The summed E-state index contributed by atoms with van der Waals surface area (Å²) in [6.45, 7) is 6.68. The molecule has 302 valence electrons. The number of fused-ring (bicyclic) bond motifs is 1. The molecule has 0 aliphatic carbocycles. The number of benzene rings is 4. The van der Waals surface area contributed by atoms with Crippen molar-refractivity contribution in [1.82, 2.24) is 10.2 Å². The van der Waals surface area contributed by atoms with Crippen molar-refractivity contribution in [2.24, 2.45) is 0 Å². The molecule has 57 heavy (non-hydrogen) atoms. The van der Waals surface area contributed by atoms with Gasteiger partial charge in [0.25, 0.3) is 5.09 Å². The Morgan fingerprint density at radius 2 is 1.58 bits per heavy atom. The summed E-state index contributed by atoms with van der Waals surface area (Å²) in [5, 5.41) is 12.6. The molecule has 6 rings (SSSR count). The highest BCUT2D eigenvalue weighted by Gasteiger charge is 2.34. The van der Waals surface area contributed by atoms with Crippen molar-refractivity contribution >= 4 is 17.7 Å². The molecule has 0 bridgehead atoms. The van der Waals surface area contributed by atoms with Crippen molar-refractivity contribution in [3.05, 3.63) is 141 Å². The highest BCUT2D eigenvalue weighted by atomic mass is 16.9. The van der Waals surface area contributed by atoms with Crippen LogP contribution in [0, 0.1) is 10.1 Å². The average molecular weight is 781 g/mol. The van der Waals surface area contributed by atoms with Gasteiger partial charge in [-0.2, -0.15) is 0 Å². The first-order chi connectivity index (χ1) is 27.8. The Kier molecular flexibility index (Phi) is 15.1. The fraction of sp³-hybridized carbons (Fsp3) is 0.409. The van der Waals surface area contributed by atoms with Crippen LogP contribution in [0.1, 0.15) is 65.5 Å². The molecular formula is C44H52N4O9. The molecule has 0 aromatic heterocycles. The number of carbonyl (C=O) groups is 2. The molecule has 0 radical (unpaired) electrons. The molecule has 2 heterocycles. The van der Waals surface area contributed by atoms with Gasteiger partial charge < -0.3 is 38.9 Å². The van der Waals surface area contributed by atoms with E-state index in [2.05, 4.69) is 57.5 Å². The van der Waals surface area contributed by atoms with E-state index in [1.54, 1.807) is 29.2 Å². The van der Waals surface area contributed by atoms with Crippen molar-refractivity contribution in [3.8, 4) is 5.75 Å². The van der Waals surface area contributed by atoms with E-state index < -0.39 is 11.2 Å². The Morgan fingerprint density at radius 3 is 2.33 bits per heavy atom. The lowest BCUT2D eigenvalue weighted by atomic mass is 9.87. The molecule has 2 aliphatic rings. The van der Waals surface area contributed by atoms with Crippen molar-refractivity contribution in [3.63, 3.8) is 0 Å². The average Bonchev–Trinajstić information content (AvgIpc) is 3.23. The number of rotatable bonds is 19. The number of amides is 2. The lowest BCUT2D eigenvalue weighted by Gasteiger charge is -2.38. The van der Waals surface area contributed by atoms with E-state index in [1.165, 1.54) is 18.2 Å². The summed E-state index contributed by atoms with van der Waals surface area (Å²) in [5.41, 5.74) is 7.18. The smallest absolute Gasteiger partial charge is 0.410 e. The van der Waals surface area contributed by atoms with E-state index in [-0.39, 0.29) is 31.1 Å². The monoisotopic (exact) mass is 780 g/mol. The second kappa shape index (κ2) is 21.0. The number of carbonyl (C=O) groups excluding carboxylic acids is 2. The van der Waals surface area contributed by atoms with Crippen LogP contribution in [0.4, 0.5) is 10.5 Å². The van der Waals surface area contributed by atoms with E-state index in [9.17, 15) is 19.7 Å². The third-order valence-electron chi connectivity index (χ3n) is 10.2.